The predicted octanol–water partition coefficient (Wildman–Crippen LogP) is 0.882. The molecule has 1 saturated heterocycles. The largest absolute Gasteiger partial charge is 0.325 e. The second-order valence-electron chi connectivity index (χ2n) is 7.22. The van der Waals surface area contributed by atoms with E-state index < -0.39 is 10.0 Å². The van der Waals surface area contributed by atoms with Crippen LogP contribution in [0.4, 0.5) is 0 Å². The van der Waals surface area contributed by atoms with Gasteiger partial charge in [-0.15, -0.1) is 0 Å². The molecule has 1 amide bonds. The molecule has 6 nitrogen and oxygen atoms in total. The number of carbonyl (C=O) groups is 1. The second kappa shape index (κ2) is 8.99. The molecular formula is C20H30N3O3S+. The van der Waals surface area contributed by atoms with Crippen LogP contribution in [0.15, 0.2) is 47.0 Å². The van der Waals surface area contributed by atoms with E-state index in [1.807, 2.05) is 17.9 Å². The summed E-state index contributed by atoms with van der Waals surface area (Å²) in [6, 6.07) is 8.57. The summed E-state index contributed by atoms with van der Waals surface area (Å²) in [4.78, 5) is 16.2. The van der Waals surface area contributed by atoms with Gasteiger partial charge in [0.1, 0.15) is 0 Å². The number of hydrogen-bond acceptors (Lipinski definition) is 3. The Labute approximate surface area is 162 Å². The summed E-state index contributed by atoms with van der Waals surface area (Å²) in [5.74, 6) is 0.153. The van der Waals surface area contributed by atoms with Gasteiger partial charge in [0.15, 0.2) is 6.54 Å². The van der Waals surface area contributed by atoms with Gasteiger partial charge < -0.3 is 9.80 Å². The molecule has 1 fully saturated rings. The minimum atomic E-state index is -3.44. The molecule has 0 aromatic heterocycles. The Kier molecular flexibility index (Phi) is 6.68. The lowest BCUT2D eigenvalue weighted by Crippen LogP contribution is -3.15. The van der Waals surface area contributed by atoms with Crippen molar-refractivity contribution in [2.75, 3.05) is 39.3 Å². The molecule has 0 unspecified atom stereocenters. The zero-order valence-corrected chi connectivity index (χ0v) is 16.9. The number of nitrogens with one attached hydrogen (secondary N) is 1. The van der Waals surface area contributed by atoms with Crippen molar-refractivity contribution in [2.45, 2.75) is 37.5 Å². The van der Waals surface area contributed by atoms with Crippen molar-refractivity contribution in [3.63, 3.8) is 0 Å². The van der Waals surface area contributed by atoms with Crippen LogP contribution < -0.4 is 4.90 Å². The minimum absolute atomic E-state index is 0.153. The number of allylic oxidation sites excluding steroid dienone is 2. The first-order valence-corrected chi connectivity index (χ1v) is 11.3. The zero-order valence-electron chi connectivity index (χ0n) is 16.1. The molecule has 2 aliphatic rings. The number of rotatable bonds is 6. The molecule has 0 saturated carbocycles. The van der Waals surface area contributed by atoms with Crippen LogP contribution >= 0.6 is 0 Å². The maximum Gasteiger partial charge on any atom is 0.281 e. The number of quaternary nitrogens is 1. The number of sulfonamides is 1. The first-order chi connectivity index (χ1) is 13.0. The summed E-state index contributed by atoms with van der Waals surface area (Å²) >= 11 is 0. The third-order valence-corrected chi connectivity index (χ3v) is 7.36. The average molecular weight is 393 g/mol. The highest BCUT2D eigenvalue weighted by molar-refractivity contribution is 7.89. The SMILES string of the molecule is CCN(C(=O)C[NH+]1CCN(S(=O)(=O)c2ccccc2)CC1)C1=CCCCC1. The van der Waals surface area contributed by atoms with Crippen LogP contribution in [0, 0.1) is 0 Å². The number of likely N-dealkylation sites (N-methyl/N-ethyl adjacent to an activating group) is 1. The first kappa shape index (κ1) is 20.0. The van der Waals surface area contributed by atoms with Gasteiger partial charge in [-0.05, 0) is 44.7 Å². The number of piperazine rings is 1. The normalized spacial score (nSPS) is 19.5. The van der Waals surface area contributed by atoms with Crippen molar-refractivity contribution < 1.29 is 18.1 Å². The van der Waals surface area contributed by atoms with Gasteiger partial charge in [0.25, 0.3) is 5.91 Å². The molecule has 1 aromatic rings. The van der Waals surface area contributed by atoms with Crippen LogP contribution in [-0.4, -0.2) is 62.8 Å². The molecule has 1 aliphatic heterocycles. The maximum absolute atomic E-state index is 12.8. The van der Waals surface area contributed by atoms with E-state index in [2.05, 4.69) is 6.08 Å². The summed E-state index contributed by atoms with van der Waals surface area (Å²) < 4.78 is 27.0. The van der Waals surface area contributed by atoms with Crippen molar-refractivity contribution >= 4 is 15.9 Å². The number of hydrogen-bond donors (Lipinski definition) is 1. The Morgan fingerprint density at radius 3 is 2.44 bits per heavy atom. The molecule has 3 rings (SSSR count). The third-order valence-electron chi connectivity index (χ3n) is 5.44. The lowest BCUT2D eigenvalue weighted by atomic mass is 10.0. The lowest BCUT2D eigenvalue weighted by Gasteiger charge is -2.33. The standard InChI is InChI=1S/C20H29N3O3S/c1-2-23(18-9-5-3-6-10-18)20(24)17-21-13-15-22(16-14-21)27(25,26)19-11-7-4-8-12-19/h4,7-9,11-12H,2-3,5-6,10,13-17H2,1H3/p+1. The Bertz CT molecular complexity index is 769. The van der Waals surface area contributed by atoms with Crippen LogP contribution in [-0.2, 0) is 14.8 Å². The van der Waals surface area contributed by atoms with Crippen LogP contribution in [0.1, 0.15) is 32.6 Å². The Hall–Kier alpha value is -1.70. The maximum atomic E-state index is 12.8. The van der Waals surface area contributed by atoms with Gasteiger partial charge in [-0.25, -0.2) is 8.42 Å². The molecule has 0 bridgehead atoms. The Morgan fingerprint density at radius 2 is 1.85 bits per heavy atom. The zero-order chi connectivity index (χ0) is 19.3. The van der Waals surface area contributed by atoms with Crippen LogP contribution in [0.3, 0.4) is 0 Å². The van der Waals surface area contributed by atoms with E-state index in [4.69, 9.17) is 0 Å². The molecule has 0 atom stereocenters. The fourth-order valence-corrected chi connectivity index (χ4v) is 5.34. The third kappa shape index (κ3) is 4.78. The highest BCUT2D eigenvalue weighted by atomic mass is 32.2. The van der Waals surface area contributed by atoms with E-state index in [0.717, 1.165) is 24.2 Å². The van der Waals surface area contributed by atoms with Crippen molar-refractivity contribution in [1.82, 2.24) is 9.21 Å². The van der Waals surface area contributed by atoms with Gasteiger partial charge in [0.2, 0.25) is 10.0 Å². The predicted molar refractivity (Wildman–Crippen MR) is 105 cm³/mol. The fraction of sp³-hybridized carbons (Fsp3) is 0.550. The van der Waals surface area contributed by atoms with E-state index in [0.29, 0.717) is 44.2 Å². The molecule has 27 heavy (non-hydrogen) atoms. The number of benzene rings is 1. The van der Waals surface area contributed by atoms with E-state index in [1.165, 1.54) is 16.4 Å². The summed E-state index contributed by atoms with van der Waals surface area (Å²) in [5.41, 5.74) is 1.17. The summed E-state index contributed by atoms with van der Waals surface area (Å²) in [5, 5.41) is 0. The molecule has 1 heterocycles. The van der Waals surface area contributed by atoms with E-state index in [9.17, 15) is 13.2 Å². The fourth-order valence-electron chi connectivity index (χ4n) is 3.88. The smallest absolute Gasteiger partial charge is 0.281 e. The summed E-state index contributed by atoms with van der Waals surface area (Å²) in [6.45, 7) is 5.38. The monoisotopic (exact) mass is 392 g/mol. The second-order valence-corrected chi connectivity index (χ2v) is 9.16. The van der Waals surface area contributed by atoms with Gasteiger partial charge in [-0.2, -0.15) is 4.31 Å². The quantitative estimate of drug-likeness (QED) is 0.782. The summed E-state index contributed by atoms with van der Waals surface area (Å²) in [7, 11) is -3.44. The first-order valence-electron chi connectivity index (χ1n) is 9.90. The van der Waals surface area contributed by atoms with Crippen LogP contribution in [0.25, 0.3) is 0 Å². The van der Waals surface area contributed by atoms with Gasteiger partial charge in [0.05, 0.1) is 31.1 Å². The highest BCUT2D eigenvalue weighted by Crippen LogP contribution is 2.20. The topological polar surface area (TPSA) is 62.1 Å². The van der Waals surface area contributed by atoms with Crippen molar-refractivity contribution in [1.29, 1.82) is 0 Å². The van der Waals surface area contributed by atoms with Gasteiger partial charge in [0, 0.05) is 12.2 Å². The van der Waals surface area contributed by atoms with E-state index in [1.54, 1.807) is 24.3 Å². The Morgan fingerprint density at radius 1 is 1.15 bits per heavy atom. The minimum Gasteiger partial charge on any atom is -0.325 e. The van der Waals surface area contributed by atoms with Crippen molar-refractivity contribution in [3.05, 3.63) is 42.1 Å². The van der Waals surface area contributed by atoms with Crippen LogP contribution in [0.2, 0.25) is 0 Å². The number of nitrogens with zero attached hydrogens (tertiary/aromatic N) is 2. The average Bonchev–Trinajstić information content (AvgIpc) is 2.70. The highest BCUT2D eigenvalue weighted by Gasteiger charge is 2.32. The molecule has 7 heteroatoms. The number of carbonyl (C=O) groups excluding carboxylic acids is 1. The van der Waals surface area contributed by atoms with Gasteiger partial charge in [-0.3, -0.25) is 4.79 Å². The molecule has 0 spiro atoms. The lowest BCUT2D eigenvalue weighted by molar-refractivity contribution is -0.895. The number of amides is 1. The molecular weight excluding hydrogens is 362 g/mol. The van der Waals surface area contributed by atoms with Gasteiger partial charge in [-0.1, -0.05) is 24.3 Å². The van der Waals surface area contributed by atoms with Crippen LogP contribution in [0.5, 0.6) is 0 Å². The van der Waals surface area contributed by atoms with Crippen molar-refractivity contribution in [3.8, 4) is 0 Å². The molecule has 1 aromatic carbocycles. The molecule has 148 valence electrons. The Balaban J connectivity index is 1.56. The van der Waals surface area contributed by atoms with E-state index >= 15 is 0 Å². The molecule has 1 N–H and O–H groups in total. The summed E-state index contributed by atoms with van der Waals surface area (Å²) in [6.07, 6.45) is 6.60. The molecule has 1 aliphatic carbocycles. The molecule has 0 radical (unpaired) electrons. The van der Waals surface area contributed by atoms with Gasteiger partial charge >= 0.3 is 0 Å². The van der Waals surface area contributed by atoms with E-state index in [-0.39, 0.29) is 5.91 Å². The van der Waals surface area contributed by atoms with Crippen molar-refractivity contribution in [2.24, 2.45) is 0 Å².